The zero-order valence-electron chi connectivity index (χ0n) is 6.68. The molecule has 4 N–H and O–H groups in total. The van der Waals surface area contributed by atoms with Crippen molar-refractivity contribution in [2.24, 2.45) is 0 Å². The number of hydrogen-bond donors (Lipinski definition) is 3. The van der Waals surface area contributed by atoms with Crippen LogP contribution in [0.5, 0.6) is 0 Å². The molecule has 0 radical (unpaired) electrons. The highest BCUT2D eigenvalue weighted by atomic mass is 16.1. The smallest absolute Gasteiger partial charge is 0.144 e. The number of hydrogen-bond acceptors (Lipinski definition) is 3. The molecule has 4 heteroatoms. The van der Waals surface area contributed by atoms with E-state index in [0.717, 1.165) is 12.8 Å². The first-order valence-electron chi connectivity index (χ1n) is 3.82. The summed E-state index contributed by atoms with van der Waals surface area (Å²) in [6.45, 7) is 1.63. The number of Topliss-reactive ketones (excluding diaryl/α,β-unsaturated/α-hetero) is 1. The fourth-order valence-electron chi connectivity index (χ4n) is 0.996. The lowest BCUT2D eigenvalue weighted by molar-refractivity contribution is -0.664. The molecular weight excluding hydrogens is 142 g/mol. The molecule has 0 amide bonds. The van der Waals surface area contributed by atoms with Crippen molar-refractivity contribution in [1.29, 1.82) is 0 Å². The molecule has 0 aromatic carbocycles. The summed E-state index contributed by atoms with van der Waals surface area (Å²) in [6, 6.07) is 0. The highest BCUT2D eigenvalue weighted by Gasteiger charge is 2.06. The molecule has 0 saturated heterocycles. The second-order valence-electron chi connectivity index (χ2n) is 2.71. The predicted octanol–water partition coefficient (Wildman–Crippen LogP) is -0.827. The van der Waals surface area contributed by atoms with E-state index in [-0.39, 0.29) is 5.78 Å². The molecule has 11 heavy (non-hydrogen) atoms. The maximum atomic E-state index is 10.6. The van der Waals surface area contributed by atoms with Crippen LogP contribution in [0.25, 0.3) is 0 Å². The second kappa shape index (κ2) is 4.10. The molecule has 62 valence electrons. The van der Waals surface area contributed by atoms with E-state index in [1.807, 2.05) is 11.6 Å². The molecule has 4 nitrogen and oxygen atoms in total. The van der Waals surface area contributed by atoms with Gasteiger partial charge in [-0.05, 0) is 13.3 Å². The Balaban J connectivity index is 2.07. The molecule has 1 aliphatic rings. The van der Waals surface area contributed by atoms with Gasteiger partial charge in [0.1, 0.15) is 11.5 Å². The summed E-state index contributed by atoms with van der Waals surface area (Å²) in [6.07, 6.45) is 4.52. The van der Waals surface area contributed by atoms with Gasteiger partial charge in [0.2, 0.25) is 0 Å². The van der Waals surface area contributed by atoms with Gasteiger partial charge >= 0.3 is 0 Å². The van der Waals surface area contributed by atoms with Crippen LogP contribution in [0.2, 0.25) is 0 Å². The Morgan fingerprint density at radius 3 is 3.09 bits per heavy atom. The Bertz CT molecular complexity index is 177. The first-order valence-corrected chi connectivity index (χ1v) is 3.82. The Kier molecular flexibility index (Phi) is 3.07. The molecule has 0 aromatic rings. The number of hydrazine groups is 1. The number of rotatable bonds is 4. The maximum absolute atomic E-state index is 10.6. The van der Waals surface area contributed by atoms with E-state index in [4.69, 9.17) is 0 Å². The number of carbonyl (C=O) groups is 1. The summed E-state index contributed by atoms with van der Waals surface area (Å²) in [4.78, 5) is 10.6. The minimum absolute atomic E-state index is 0.268. The third-order valence-electron chi connectivity index (χ3n) is 1.59. The second-order valence-corrected chi connectivity index (χ2v) is 2.71. The lowest BCUT2D eigenvalue weighted by atomic mass is 10.1. The van der Waals surface area contributed by atoms with Crippen molar-refractivity contribution in [3.63, 3.8) is 0 Å². The van der Waals surface area contributed by atoms with E-state index in [1.54, 1.807) is 6.92 Å². The van der Waals surface area contributed by atoms with E-state index in [1.165, 1.54) is 5.70 Å². The van der Waals surface area contributed by atoms with Crippen molar-refractivity contribution < 1.29 is 10.2 Å². The Hall–Kier alpha value is -0.870. The zero-order valence-corrected chi connectivity index (χ0v) is 6.68. The monoisotopic (exact) mass is 156 g/mol. The highest BCUT2D eigenvalue weighted by molar-refractivity contribution is 5.75. The normalized spacial score (nSPS) is 15.9. The lowest BCUT2D eigenvalue weighted by Crippen LogP contribution is -2.90. The van der Waals surface area contributed by atoms with E-state index in [0.29, 0.717) is 6.42 Å². The minimum Gasteiger partial charge on any atom is -0.300 e. The van der Waals surface area contributed by atoms with Gasteiger partial charge in [-0.2, -0.15) is 0 Å². The molecule has 1 rings (SSSR count). The van der Waals surface area contributed by atoms with Crippen molar-refractivity contribution in [2.75, 3.05) is 0 Å². The fraction of sp³-hybridized carbons (Fsp3) is 0.571. The number of carbonyl (C=O) groups excluding carboxylic acids is 1. The molecule has 0 aromatic heterocycles. The topological polar surface area (TPSA) is 57.7 Å². The van der Waals surface area contributed by atoms with Crippen LogP contribution in [0.15, 0.2) is 11.9 Å². The van der Waals surface area contributed by atoms with Crippen LogP contribution in [-0.4, -0.2) is 5.78 Å². The van der Waals surface area contributed by atoms with Crippen molar-refractivity contribution in [3.05, 3.63) is 11.9 Å². The molecule has 1 heterocycles. The van der Waals surface area contributed by atoms with Gasteiger partial charge in [0.15, 0.2) is 0 Å². The molecule has 0 atom stereocenters. The first kappa shape index (κ1) is 8.23. The van der Waals surface area contributed by atoms with Crippen LogP contribution in [-0.2, 0) is 4.79 Å². The van der Waals surface area contributed by atoms with Crippen molar-refractivity contribution in [3.8, 4) is 0 Å². The molecular formula is C7H14N3O+. The standard InChI is InChI=1S/C7H13N3O/c1-6(11)3-2-4-7-5-8-10-9-7/h5,8-10H,2-4H2,1H3/p+1. The van der Waals surface area contributed by atoms with Crippen LogP contribution in [0.3, 0.4) is 0 Å². The summed E-state index contributed by atoms with van der Waals surface area (Å²) in [7, 11) is 0. The van der Waals surface area contributed by atoms with Crippen LogP contribution >= 0.6 is 0 Å². The van der Waals surface area contributed by atoms with Gasteiger partial charge in [-0.1, -0.05) is 5.53 Å². The zero-order chi connectivity index (χ0) is 8.10. The van der Waals surface area contributed by atoms with Gasteiger partial charge in [0.25, 0.3) is 0 Å². The number of ketones is 1. The van der Waals surface area contributed by atoms with Crippen LogP contribution < -0.4 is 16.4 Å². The van der Waals surface area contributed by atoms with Crippen molar-refractivity contribution >= 4 is 5.78 Å². The Labute approximate surface area is 66.0 Å². The number of nitrogens with two attached hydrogens (primary N) is 1. The summed E-state index contributed by atoms with van der Waals surface area (Å²) < 4.78 is 0. The predicted molar refractivity (Wildman–Crippen MR) is 40.8 cm³/mol. The van der Waals surface area contributed by atoms with Gasteiger partial charge in [0.05, 0.1) is 6.20 Å². The number of allylic oxidation sites excluding steroid dienone is 1. The molecule has 0 bridgehead atoms. The van der Waals surface area contributed by atoms with Crippen LogP contribution in [0.1, 0.15) is 26.2 Å². The van der Waals surface area contributed by atoms with Crippen LogP contribution in [0.4, 0.5) is 0 Å². The third kappa shape index (κ3) is 3.15. The third-order valence-corrected chi connectivity index (χ3v) is 1.59. The van der Waals surface area contributed by atoms with Gasteiger partial charge in [-0.3, -0.25) is 5.43 Å². The van der Waals surface area contributed by atoms with E-state index < -0.39 is 0 Å². The highest BCUT2D eigenvalue weighted by Crippen LogP contribution is 2.00. The molecule has 0 saturated carbocycles. The Morgan fingerprint density at radius 2 is 2.55 bits per heavy atom. The summed E-state index contributed by atoms with van der Waals surface area (Å²) >= 11 is 0. The molecule has 1 aliphatic heterocycles. The summed E-state index contributed by atoms with van der Waals surface area (Å²) in [5.74, 6) is 0.268. The van der Waals surface area contributed by atoms with Crippen LogP contribution in [0, 0.1) is 0 Å². The minimum atomic E-state index is 0.268. The van der Waals surface area contributed by atoms with E-state index in [9.17, 15) is 4.79 Å². The molecule has 0 spiro atoms. The number of quaternary nitrogens is 1. The van der Waals surface area contributed by atoms with Gasteiger partial charge in [-0.15, -0.1) is 0 Å². The summed E-state index contributed by atoms with van der Waals surface area (Å²) in [5, 5.41) is 0. The fourth-order valence-corrected chi connectivity index (χ4v) is 0.996. The summed E-state index contributed by atoms with van der Waals surface area (Å²) in [5.41, 5.74) is 8.86. The van der Waals surface area contributed by atoms with Crippen molar-refractivity contribution in [2.45, 2.75) is 26.2 Å². The SMILES string of the molecule is CC(=O)CCCC1=CNN[NH2+]1. The number of nitrogens with one attached hydrogen (secondary N) is 2. The van der Waals surface area contributed by atoms with Crippen molar-refractivity contribution in [1.82, 2.24) is 11.0 Å². The lowest BCUT2D eigenvalue weighted by Gasteiger charge is -1.95. The quantitative estimate of drug-likeness (QED) is 0.466. The Morgan fingerprint density at radius 1 is 1.73 bits per heavy atom. The average Bonchev–Trinajstić information content (AvgIpc) is 2.39. The van der Waals surface area contributed by atoms with Gasteiger partial charge < -0.3 is 4.79 Å². The van der Waals surface area contributed by atoms with Gasteiger partial charge in [-0.25, -0.2) is 5.43 Å². The largest absolute Gasteiger partial charge is 0.300 e. The average molecular weight is 156 g/mol. The first-order chi connectivity index (χ1) is 5.29. The van der Waals surface area contributed by atoms with E-state index >= 15 is 0 Å². The molecule has 0 fully saturated rings. The van der Waals surface area contributed by atoms with E-state index in [2.05, 4.69) is 11.0 Å². The maximum Gasteiger partial charge on any atom is 0.144 e. The molecule has 0 aliphatic carbocycles. The van der Waals surface area contributed by atoms with Gasteiger partial charge in [0, 0.05) is 12.8 Å². The molecule has 0 unspecified atom stereocenters.